The van der Waals surface area contributed by atoms with E-state index in [9.17, 15) is 9.59 Å². The van der Waals surface area contributed by atoms with Gasteiger partial charge in [-0.3, -0.25) is 14.0 Å². The quantitative estimate of drug-likeness (QED) is 0.940. The van der Waals surface area contributed by atoms with Gasteiger partial charge in [0.05, 0.1) is 5.52 Å². The van der Waals surface area contributed by atoms with E-state index in [1.54, 1.807) is 10.6 Å². The molecule has 2 aromatic rings. The first-order chi connectivity index (χ1) is 11.2. The maximum atomic E-state index is 12.8. The lowest BCUT2D eigenvalue weighted by molar-refractivity contribution is 0.0711. The average Bonchev–Trinajstić information content (AvgIpc) is 3.32. The van der Waals surface area contributed by atoms with E-state index < -0.39 is 0 Å². The highest BCUT2D eigenvalue weighted by Crippen LogP contribution is 2.21. The molecule has 1 saturated heterocycles. The molecule has 6 heteroatoms. The molecular formula is C17H20N4O2. The molecule has 0 unspecified atom stereocenters. The number of hydrogen-bond donors (Lipinski definition) is 1. The molecule has 1 N–H and O–H groups in total. The van der Waals surface area contributed by atoms with Crippen molar-refractivity contribution in [3.05, 3.63) is 35.9 Å². The van der Waals surface area contributed by atoms with Gasteiger partial charge in [-0.15, -0.1) is 0 Å². The normalized spacial score (nSPS) is 18.2. The molecule has 23 heavy (non-hydrogen) atoms. The number of carbonyl (C=O) groups excluding carboxylic acids is 2. The molecule has 2 aliphatic rings. The molecule has 0 bridgehead atoms. The number of pyridine rings is 1. The summed E-state index contributed by atoms with van der Waals surface area (Å²) < 4.78 is 1.73. The molecule has 0 radical (unpaired) electrons. The van der Waals surface area contributed by atoms with E-state index in [1.807, 2.05) is 23.1 Å². The van der Waals surface area contributed by atoms with Crippen LogP contribution in [0.15, 0.2) is 24.4 Å². The maximum Gasteiger partial charge on any atom is 0.290 e. The van der Waals surface area contributed by atoms with Crippen molar-refractivity contribution in [2.75, 3.05) is 13.1 Å². The van der Waals surface area contributed by atoms with Gasteiger partial charge in [-0.1, -0.05) is 6.07 Å². The zero-order valence-electron chi connectivity index (χ0n) is 13.0. The first kappa shape index (κ1) is 14.2. The van der Waals surface area contributed by atoms with Gasteiger partial charge in [-0.2, -0.15) is 0 Å². The van der Waals surface area contributed by atoms with Crippen LogP contribution in [0.5, 0.6) is 0 Å². The van der Waals surface area contributed by atoms with Gasteiger partial charge in [0.15, 0.2) is 5.69 Å². The second-order valence-corrected chi connectivity index (χ2v) is 6.34. The van der Waals surface area contributed by atoms with Crippen LogP contribution in [0.25, 0.3) is 5.52 Å². The van der Waals surface area contributed by atoms with Crippen molar-refractivity contribution in [2.45, 2.75) is 38.1 Å². The third-order valence-corrected chi connectivity index (χ3v) is 4.51. The summed E-state index contributed by atoms with van der Waals surface area (Å²) >= 11 is 0. The average molecular weight is 312 g/mol. The molecule has 1 saturated carbocycles. The molecule has 3 heterocycles. The van der Waals surface area contributed by atoms with Gasteiger partial charge in [-0.25, -0.2) is 4.98 Å². The molecule has 6 nitrogen and oxygen atoms in total. The fraction of sp³-hybridized carbons (Fsp3) is 0.471. The summed E-state index contributed by atoms with van der Waals surface area (Å²) in [7, 11) is 0. The summed E-state index contributed by atoms with van der Waals surface area (Å²) in [5, 5.41) is 2.95. The van der Waals surface area contributed by atoms with Gasteiger partial charge in [0, 0.05) is 25.3 Å². The Balaban J connectivity index is 1.71. The van der Waals surface area contributed by atoms with Crippen LogP contribution in [-0.2, 0) is 0 Å². The van der Waals surface area contributed by atoms with Gasteiger partial charge < -0.3 is 10.2 Å². The van der Waals surface area contributed by atoms with Crippen LogP contribution in [0, 0.1) is 0 Å². The van der Waals surface area contributed by atoms with Crippen LogP contribution in [0.1, 0.15) is 53.2 Å². The van der Waals surface area contributed by atoms with Crippen molar-refractivity contribution in [2.24, 2.45) is 0 Å². The largest absolute Gasteiger partial charge is 0.348 e. The van der Waals surface area contributed by atoms with E-state index in [1.165, 1.54) is 6.42 Å². The summed E-state index contributed by atoms with van der Waals surface area (Å²) in [5.74, 6) is 0.0636. The van der Waals surface area contributed by atoms with Crippen molar-refractivity contribution in [3.8, 4) is 0 Å². The third kappa shape index (κ3) is 2.69. The number of imidazole rings is 1. The maximum absolute atomic E-state index is 12.8. The number of amides is 2. The van der Waals surface area contributed by atoms with Crippen molar-refractivity contribution in [1.82, 2.24) is 19.6 Å². The fourth-order valence-electron chi connectivity index (χ4n) is 3.08. The number of carbonyl (C=O) groups is 2. The molecule has 0 spiro atoms. The highest BCUT2D eigenvalue weighted by atomic mass is 16.2. The molecule has 4 rings (SSSR count). The fourth-order valence-corrected chi connectivity index (χ4v) is 3.08. The zero-order chi connectivity index (χ0) is 15.8. The molecule has 1 aliphatic heterocycles. The third-order valence-electron chi connectivity index (χ3n) is 4.51. The van der Waals surface area contributed by atoms with Crippen molar-refractivity contribution in [1.29, 1.82) is 0 Å². The summed E-state index contributed by atoms with van der Waals surface area (Å²) in [6.07, 6.45) is 7.08. The van der Waals surface area contributed by atoms with Crippen LogP contribution in [0.3, 0.4) is 0 Å². The monoisotopic (exact) mass is 312 g/mol. The number of likely N-dealkylation sites (tertiary alicyclic amines) is 1. The standard InChI is InChI=1S/C17H20N4O2/c22-16(18-12-7-8-12)14-13-6-2-5-11-21(13)15(19-14)17(23)20-9-3-1-4-10-20/h2,5-6,11-12H,1,3-4,7-10H2,(H,18,22). The van der Waals surface area contributed by atoms with E-state index in [2.05, 4.69) is 10.3 Å². The number of hydrogen-bond acceptors (Lipinski definition) is 3. The number of nitrogens with zero attached hydrogens (tertiary/aromatic N) is 3. The molecule has 2 fully saturated rings. The molecule has 0 atom stereocenters. The van der Waals surface area contributed by atoms with Crippen LogP contribution in [0.2, 0.25) is 0 Å². The Kier molecular flexibility index (Phi) is 3.52. The minimum atomic E-state index is -0.186. The van der Waals surface area contributed by atoms with Crippen molar-refractivity contribution < 1.29 is 9.59 Å². The van der Waals surface area contributed by atoms with Crippen LogP contribution in [0.4, 0.5) is 0 Å². The van der Waals surface area contributed by atoms with E-state index >= 15 is 0 Å². The smallest absolute Gasteiger partial charge is 0.290 e. The molecule has 0 aromatic carbocycles. The van der Waals surface area contributed by atoms with Gasteiger partial charge in [-0.05, 0) is 44.2 Å². The Morgan fingerprint density at radius 2 is 1.91 bits per heavy atom. The van der Waals surface area contributed by atoms with Crippen LogP contribution in [-0.4, -0.2) is 45.2 Å². The van der Waals surface area contributed by atoms with Gasteiger partial charge in [0.2, 0.25) is 5.82 Å². The number of piperidine rings is 1. The SMILES string of the molecule is O=C(NC1CC1)c1nc(C(=O)N2CCCCC2)n2ccccc12. The predicted molar refractivity (Wildman–Crippen MR) is 85.4 cm³/mol. The minimum Gasteiger partial charge on any atom is -0.348 e. The van der Waals surface area contributed by atoms with Crippen molar-refractivity contribution in [3.63, 3.8) is 0 Å². The Hall–Kier alpha value is -2.37. The Bertz CT molecular complexity index is 757. The minimum absolute atomic E-state index is 0.0867. The predicted octanol–water partition coefficient (Wildman–Crippen LogP) is 1.85. The van der Waals surface area contributed by atoms with E-state index in [4.69, 9.17) is 0 Å². The van der Waals surface area contributed by atoms with Gasteiger partial charge in [0.25, 0.3) is 11.8 Å². The molecular weight excluding hydrogens is 292 g/mol. The Labute approximate surface area is 134 Å². The summed E-state index contributed by atoms with van der Waals surface area (Å²) in [4.78, 5) is 31.5. The number of nitrogens with one attached hydrogen (secondary N) is 1. The van der Waals surface area contributed by atoms with Crippen molar-refractivity contribution >= 4 is 17.3 Å². The second kappa shape index (κ2) is 5.68. The Morgan fingerprint density at radius 3 is 2.65 bits per heavy atom. The first-order valence-electron chi connectivity index (χ1n) is 8.31. The van der Waals surface area contributed by atoms with E-state index in [0.717, 1.165) is 38.8 Å². The molecule has 120 valence electrons. The lowest BCUT2D eigenvalue weighted by atomic mass is 10.1. The Morgan fingerprint density at radius 1 is 1.13 bits per heavy atom. The van der Waals surface area contributed by atoms with Gasteiger partial charge >= 0.3 is 0 Å². The number of fused-ring (bicyclic) bond motifs is 1. The highest BCUT2D eigenvalue weighted by molar-refractivity contribution is 6.02. The van der Waals surface area contributed by atoms with Crippen LogP contribution < -0.4 is 5.32 Å². The summed E-state index contributed by atoms with van der Waals surface area (Å²) in [6.45, 7) is 1.54. The molecule has 2 amide bonds. The second-order valence-electron chi connectivity index (χ2n) is 6.34. The molecule has 2 aromatic heterocycles. The zero-order valence-corrected chi connectivity index (χ0v) is 13.0. The first-order valence-corrected chi connectivity index (χ1v) is 8.31. The topological polar surface area (TPSA) is 66.7 Å². The van der Waals surface area contributed by atoms with Gasteiger partial charge in [0.1, 0.15) is 0 Å². The summed E-state index contributed by atoms with van der Waals surface area (Å²) in [5.41, 5.74) is 1.03. The van der Waals surface area contributed by atoms with E-state index in [0.29, 0.717) is 17.0 Å². The lowest BCUT2D eigenvalue weighted by Gasteiger charge is -2.25. The number of rotatable bonds is 3. The number of aromatic nitrogens is 2. The van der Waals surface area contributed by atoms with Crippen LogP contribution >= 0.6 is 0 Å². The lowest BCUT2D eigenvalue weighted by Crippen LogP contribution is -2.36. The summed E-state index contributed by atoms with van der Waals surface area (Å²) in [6, 6.07) is 5.82. The highest BCUT2D eigenvalue weighted by Gasteiger charge is 2.29. The van der Waals surface area contributed by atoms with E-state index in [-0.39, 0.29) is 17.9 Å². The molecule has 1 aliphatic carbocycles.